The molecule has 0 spiro atoms. The Labute approximate surface area is 112 Å². The molecule has 1 unspecified atom stereocenters. The van der Waals surface area contributed by atoms with E-state index in [1.807, 2.05) is 0 Å². The molecule has 0 amide bonds. The maximum absolute atomic E-state index is 11.9. The molecule has 0 aliphatic rings. The Morgan fingerprint density at radius 1 is 1.47 bits per heavy atom. The molecule has 3 N–H and O–H groups in total. The molecule has 1 aromatic carbocycles. The van der Waals surface area contributed by atoms with Gasteiger partial charge in [-0.25, -0.2) is 13.1 Å². The molecule has 106 valence electrons. The lowest BCUT2D eigenvalue weighted by Crippen LogP contribution is -2.29. The zero-order valence-corrected chi connectivity index (χ0v) is 11.6. The van der Waals surface area contributed by atoms with Crippen LogP contribution in [0.1, 0.15) is 18.9 Å². The van der Waals surface area contributed by atoms with Crippen LogP contribution in [-0.4, -0.2) is 25.9 Å². The van der Waals surface area contributed by atoms with Gasteiger partial charge in [-0.15, -0.1) is 0 Å². The van der Waals surface area contributed by atoms with Crippen LogP contribution in [0, 0.1) is 17.0 Å². The number of sulfonamides is 1. The number of nitrogens with two attached hydrogens (primary N) is 1. The van der Waals surface area contributed by atoms with E-state index in [1.54, 1.807) is 6.92 Å². The molecule has 0 aromatic heterocycles. The Balaban J connectivity index is 2.90. The first-order valence-corrected chi connectivity index (χ1v) is 7.22. The molecule has 0 saturated heterocycles. The minimum absolute atomic E-state index is 0.0141. The highest BCUT2D eigenvalue weighted by atomic mass is 32.2. The van der Waals surface area contributed by atoms with Gasteiger partial charge in [0, 0.05) is 24.2 Å². The van der Waals surface area contributed by atoms with E-state index in [4.69, 9.17) is 5.73 Å². The van der Waals surface area contributed by atoms with Crippen molar-refractivity contribution in [2.75, 3.05) is 6.54 Å². The molecule has 7 nitrogen and oxygen atoms in total. The van der Waals surface area contributed by atoms with Crippen LogP contribution in [0.4, 0.5) is 5.69 Å². The van der Waals surface area contributed by atoms with Gasteiger partial charge in [0.25, 0.3) is 5.69 Å². The lowest BCUT2D eigenvalue weighted by Gasteiger charge is -2.09. The molecule has 0 aliphatic heterocycles. The maximum Gasteiger partial charge on any atom is 0.272 e. The minimum atomic E-state index is -3.65. The van der Waals surface area contributed by atoms with E-state index in [0.717, 1.165) is 0 Å². The summed E-state index contributed by atoms with van der Waals surface area (Å²) < 4.78 is 26.3. The van der Waals surface area contributed by atoms with Crippen molar-refractivity contribution < 1.29 is 13.3 Å². The molecule has 0 saturated carbocycles. The smallest absolute Gasteiger partial charge is 0.272 e. The Hall–Kier alpha value is -1.51. The predicted molar refractivity (Wildman–Crippen MR) is 71.3 cm³/mol. The van der Waals surface area contributed by atoms with E-state index in [2.05, 4.69) is 4.72 Å². The first-order chi connectivity index (χ1) is 8.74. The van der Waals surface area contributed by atoms with Gasteiger partial charge in [-0.05, 0) is 32.4 Å². The van der Waals surface area contributed by atoms with Crippen molar-refractivity contribution in [2.45, 2.75) is 31.2 Å². The normalized spacial score (nSPS) is 13.2. The molecule has 8 heteroatoms. The van der Waals surface area contributed by atoms with E-state index >= 15 is 0 Å². The molecule has 1 rings (SSSR count). The molecular formula is C11H17N3O4S. The Morgan fingerprint density at radius 2 is 2.11 bits per heavy atom. The zero-order valence-electron chi connectivity index (χ0n) is 10.8. The first kappa shape index (κ1) is 15.5. The standard InChI is InChI=1S/C11H17N3O4S/c1-8-7-10(3-4-11(8)14(15)16)19(17,18)13-6-5-9(2)12/h3-4,7,9,13H,5-6,12H2,1-2H3. The summed E-state index contributed by atoms with van der Waals surface area (Å²) >= 11 is 0. The van der Waals surface area contributed by atoms with Gasteiger partial charge in [0.1, 0.15) is 0 Å². The van der Waals surface area contributed by atoms with E-state index in [9.17, 15) is 18.5 Å². The van der Waals surface area contributed by atoms with Gasteiger partial charge in [0.15, 0.2) is 0 Å². The maximum atomic E-state index is 11.9. The third kappa shape index (κ3) is 4.27. The average molecular weight is 287 g/mol. The highest BCUT2D eigenvalue weighted by Crippen LogP contribution is 2.21. The summed E-state index contributed by atoms with van der Waals surface area (Å²) in [5.74, 6) is 0. The largest absolute Gasteiger partial charge is 0.328 e. The minimum Gasteiger partial charge on any atom is -0.328 e. The summed E-state index contributed by atoms with van der Waals surface area (Å²) in [6.45, 7) is 3.51. The summed E-state index contributed by atoms with van der Waals surface area (Å²) in [4.78, 5) is 10.1. The molecule has 1 atom stereocenters. The second-order valence-electron chi connectivity index (χ2n) is 4.37. The summed E-state index contributed by atoms with van der Waals surface area (Å²) in [7, 11) is -3.65. The monoisotopic (exact) mass is 287 g/mol. The summed E-state index contributed by atoms with van der Waals surface area (Å²) in [5.41, 5.74) is 5.73. The second kappa shape index (κ2) is 6.09. The number of nitro benzene ring substituents is 1. The first-order valence-electron chi connectivity index (χ1n) is 5.74. The highest BCUT2D eigenvalue weighted by Gasteiger charge is 2.18. The van der Waals surface area contributed by atoms with E-state index in [-0.39, 0.29) is 23.2 Å². The third-order valence-corrected chi connectivity index (χ3v) is 4.03. The Kier molecular flexibility index (Phi) is 4.98. The number of nitrogens with one attached hydrogen (secondary N) is 1. The number of aryl methyl sites for hydroxylation is 1. The molecule has 0 bridgehead atoms. The Bertz CT molecular complexity index is 569. The van der Waals surface area contributed by atoms with Gasteiger partial charge in [0.2, 0.25) is 10.0 Å². The fraction of sp³-hybridized carbons (Fsp3) is 0.455. The van der Waals surface area contributed by atoms with Crippen LogP contribution >= 0.6 is 0 Å². The number of hydrogen-bond donors (Lipinski definition) is 2. The van der Waals surface area contributed by atoms with Crippen LogP contribution in [0.2, 0.25) is 0 Å². The van der Waals surface area contributed by atoms with E-state index in [0.29, 0.717) is 12.0 Å². The van der Waals surface area contributed by atoms with Crippen molar-refractivity contribution in [2.24, 2.45) is 5.73 Å². The number of hydrogen-bond acceptors (Lipinski definition) is 5. The highest BCUT2D eigenvalue weighted by molar-refractivity contribution is 7.89. The van der Waals surface area contributed by atoms with Gasteiger partial charge in [-0.3, -0.25) is 10.1 Å². The number of benzene rings is 1. The molecule has 0 radical (unpaired) electrons. The molecule has 1 aromatic rings. The van der Waals surface area contributed by atoms with Crippen molar-refractivity contribution in [3.63, 3.8) is 0 Å². The van der Waals surface area contributed by atoms with Crippen molar-refractivity contribution in [3.05, 3.63) is 33.9 Å². The summed E-state index contributed by atoms with van der Waals surface area (Å²) in [5, 5.41) is 10.7. The zero-order chi connectivity index (χ0) is 14.6. The molecular weight excluding hydrogens is 270 g/mol. The Morgan fingerprint density at radius 3 is 2.58 bits per heavy atom. The van der Waals surface area contributed by atoms with Crippen molar-refractivity contribution in [1.29, 1.82) is 0 Å². The number of nitro groups is 1. The molecule has 0 fully saturated rings. The number of nitrogens with zero attached hydrogens (tertiary/aromatic N) is 1. The van der Waals surface area contributed by atoms with Crippen LogP contribution in [0.25, 0.3) is 0 Å². The molecule has 19 heavy (non-hydrogen) atoms. The third-order valence-electron chi connectivity index (χ3n) is 2.57. The van der Waals surface area contributed by atoms with Crippen molar-refractivity contribution in [3.8, 4) is 0 Å². The van der Waals surface area contributed by atoms with Gasteiger partial charge in [0.05, 0.1) is 9.82 Å². The van der Waals surface area contributed by atoms with Crippen LogP contribution in [-0.2, 0) is 10.0 Å². The molecule has 0 aliphatic carbocycles. The quantitative estimate of drug-likeness (QED) is 0.596. The topological polar surface area (TPSA) is 115 Å². The van der Waals surface area contributed by atoms with Gasteiger partial charge in [-0.1, -0.05) is 0 Å². The van der Waals surface area contributed by atoms with Crippen LogP contribution in [0.3, 0.4) is 0 Å². The van der Waals surface area contributed by atoms with E-state index in [1.165, 1.54) is 25.1 Å². The fourth-order valence-corrected chi connectivity index (χ4v) is 2.64. The summed E-state index contributed by atoms with van der Waals surface area (Å²) in [6, 6.07) is 3.60. The summed E-state index contributed by atoms with van der Waals surface area (Å²) in [6.07, 6.45) is 0.519. The number of rotatable bonds is 6. The van der Waals surface area contributed by atoms with Crippen LogP contribution in [0.5, 0.6) is 0 Å². The van der Waals surface area contributed by atoms with Gasteiger partial charge in [-0.2, -0.15) is 0 Å². The average Bonchev–Trinajstić information content (AvgIpc) is 2.27. The molecule has 0 heterocycles. The van der Waals surface area contributed by atoms with Crippen molar-refractivity contribution in [1.82, 2.24) is 4.72 Å². The van der Waals surface area contributed by atoms with E-state index < -0.39 is 14.9 Å². The lowest BCUT2D eigenvalue weighted by atomic mass is 10.2. The predicted octanol–water partition coefficient (Wildman–Crippen LogP) is 0.919. The van der Waals surface area contributed by atoms with Crippen LogP contribution < -0.4 is 10.5 Å². The van der Waals surface area contributed by atoms with Crippen LogP contribution in [0.15, 0.2) is 23.1 Å². The lowest BCUT2D eigenvalue weighted by molar-refractivity contribution is -0.385. The van der Waals surface area contributed by atoms with Gasteiger partial charge < -0.3 is 5.73 Å². The SMILES string of the molecule is Cc1cc(S(=O)(=O)NCCC(C)N)ccc1[N+](=O)[O-]. The van der Waals surface area contributed by atoms with Gasteiger partial charge >= 0.3 is 0 Å². The van der Waals surface area contributed by atoms with Crippen molar-refractivity contribution >= 4 is 15.7 Å². The second-order valence-corrected chi connectivity index (χ2v) is 6.14. The fourth-order valence-electron chi connectivity index (χ4n) is 1.50.